The highest BCUT2D eigenvalue weighted by atomic mass is 16.5. The van der Waals surface area contributed by atoms with Gasteiger partial charge in [-0.15, -0.1) is 0 Å². The van der Waals surface area contributed by atoms with Crippen molar-refractivity contribution in [2.45, 2.75) is 70.3 Å². The van der Waals surface area contributed by atoms with Crippen LogP contribution in [0.15, 0.2) is 12.1 Å². The number of hydrogen-bond donors (Lipinski definition) is 1. The van der Waals surface area contributed by atoms with Crippen molar-refractivity contribution in [2.75, 3.05) is 34.4 Å². The van der Waals surface area contributed by atoms with E-state index in [1.807, 2.05) is 24.0 Å². The zero-order chi connectivity index (χ0) is 23.1. The number of likely N-dealkylation sites (tertiary alicyclic amines) is 1. The molecule has 1 N–H and O–H groups in total. The monoisotopic (exact) mass is 446 g/mol. The van der Waals surface area contributed by atoms with Gasteiger partial charge < -0.3 is 24.4 Å². The number of amides is 2. The number of hydrogen-bond acceptors (Lipinski definition) is 5. The van der Waals surface area contributed by atoms with Crippen LogP contribution in [-0.4, -0.2) is 57.2 Å². The van der Waals surface area contributed by atoms with Crippen molar-refractivity contribution in [3.8, 4) is 17.2 Å². The average molecular weight is 447 g/mol. The molecule has 2 aliphatic rings. The van der Waals surface area contributed by atoms with Gasteiger partial charge in [-0.05, 0) is 62.6 Å². The molecule has 3 rings (SSSR count). The number of carbonyl (C=O) groups is 2. The Morgan fingerprint density at radius 2 is 1.59 bits per heavy atom. The van der Waals surface area contributed by atoms with E-state index in [9.17, 15) is 9.59 Å². The summed E-state index contributed by atoms with van der Waals surface area (Å²) >= 11 is 0. The number of piperidine rings is 1. The lowest BCUT2D eigenvalue weighted by Gasteiger charge is -2.39. The second-order valence-electron chi connectivity index (χ2n) is 8.77. The van der Waals surface area contributed by atoms with Crippen LogP contribution in [0.1, 0.15) is 69.8 Å². The first kappa shape index (κ1) is 24.2. The summed E-state index contributed by atoms with van der Waals surface area (Å²) in [6.07, 6.45) is 8.07. The van der Waals surface area contributed by atoms with Gasteiger partial charge in [0.25, 0.3) is 0 Å². The van der Waals surface area contributed by atoms with E-state index in [1.54, 1.807) is 21.3 Å². The largest absolute Gasteiger partial charge is 0.493 e. The van der Waals surface area contributed by atoms with Crippen molar-refractivity contribution < 1.29 is 23.8 Å². The summed E-state index contributed by atoms with van der Waals surface area (Å²) in [5.74, 6) is 1.51. The predicted molar refractivity (Wildman–Crippen MR) is 123 cm³/mol. The molecule has 0 radical (unpaired) electrons. The lowest BCUT2D eigenvalue weighted by molar-refractivity contribution is -0.144. The number of likely N-dealkylation sites (N-methyl/N-ethyl adjacent to an activating group) is 1. The second-order valence-corrected chi connectivity index (χ2v) is 8.77. The number of nitrogens with one attached hydrogen (secondary N) is 1. The molecule has 1 heterocycles. The molecule has 2 amide bonds. The molecule has 1 saturated heterocycles. The van der Waals surface area contributed by atoms with Gasteiger partial charge in [0.05, 0.1) is 27.2 Å². The SMILES string of the molecule is CCNC(=O)C1CCCCN1C(=O)C(c1cc(OC)c(OC)c(OC)c1)C1CCCCC1. The Kier molecular flexibility index (Phi) is 8.65. The number of benzene rings is 1. The molecule has 2 fully saturated rings. The average Bonchev–Trinajstić information content (AvgIpc) is 2.84. The van der Waals surface area contributed by atoms with Crippen LogP contribution < -0.4 is 19.5 Å². The maximum atomic E-state index is 14.1. The highest BCUT2D eigenvalue weighted by Gasteiger charge is 2.40. The topological polar surface area (TPSA) is 77.1 Å². The zero-order valence-corrected chi connectivity index (χ0v) is 19.9. The van der Waals surface area contributed by atoms with Crippen LogP contribution in [0.25, 0.3) is 0 Å². The predicted octanol–water partition coefficient (Wildman–Crippen LogP) is 3.89. The molecule has 1 aromatic carbocycles. The third-order valence-corrected chi connectivity index (χ3v) is 6.87. The third kappa shape index (κ3) is 5.13. The maximum absolute atomic E-state index is 14.1. The molecule has 32 heavy (non-hydrogen) atoms. The van der Waals surface area contributed by atoms with E-state index in [0.29, 0.717) is 36.8 Å². The van der Waals surface area contributed by atoms with Crippen LogP contribution in [0.4, 0.5) is 0 Å². The van der Waals surface area contributed by atoms with Crippen LogP contribution in [0.2, 0.25) is 0 Å². The van der Waals surface area contributed by atoms with Crippen LogP contribution in [-0.2, 0) is 9.59 Å². The maximum Gasteiger partial charge on any atom is 0.242 e. The molecule has 0 bridgehead atoms. The minimum absolute atomic E-state index is 0.0436. The zero-order valence-electron chi connectivity index (χ0n) is 19.9. The Balaban J connectivity index is 2.03. The molecule has 7 heteroatoms. The summed E-state index contributed by atoms with van der Waals surface area (Å²) in [4.78, 5) is 28.7. The quantitative estimate of drug-likeness (QED) is 0.656. The first-order valence-corrected chi connectivity index (χ1v) is 11.9. The molecule has 1 aliphatic carbocycles. The fraction of sp³-hybridized carbons (Fsp3) is 0.680. The normalized spacial score (nSPS) is 20.4. The Morgan fingerprint density at radius 1 is 0.969 bits per heavy atom. The highest BCUT2D eigenvalue weighted by molar-refractivity contribution is 5.91. The summed E-state index contributed by atoms with van der Waals surface area (Å²) in [6.45, 7) is 3.10. The fourth-order valence-electron chi connectivity index (χ4n) is 5.30. The van der Waals surface area contributed by atoms with E-state index in [4.69, 9.17) is 14.2 Å². The lowest BCUT2D eigenvalue weighted by atomic mass is 9.75. The Morgan fingerprint density at radius 3 is 2.16 bits per heavy atom. The van der Waals surface area contributed by atoms with E-state index < -0.39 is 6.04 Å². The molecular formula is C25H38N2O5. The second kappa shape index (κ2) is 11.4. The molecule has 0 spiro atoms. The van der Waals surface area contributed by atoms with Crippen molar-refractivity contribution in [3.63, 3.8) is 0 Å². The van der Waals surface area contributed by atoms with Crippen molar-refractivity contribution >= 4 is 11.8 Å². The van der Waals surface area contributed by atoms with Crippen molar-refractivity contribution in [1.29, 1.82) is 0 Å². The van der Waals surface area contributed by atoms with Crippen molar-refractivity contribution in [2.24, 2.45) is 5.92 Å². The van der Waals surface area contributed by atoms with Gasteiger partial charge in [0.15, 0.2) is 11.5 Å². The first-order valence-electron chi connectivity index (χ1n) is 11.9. The molecule has 178 valence electrons. The summed E-state index contributed by atoms with van der Waals surface area (Å²) in [5, 5.41) is 2.92. The van der Waals surface area contributed by atoms with Gasteiger partial charge in [0.1, 0.15) is 6.04 Å². The Bertz CT molecular complexity index is 766. The highest BCUT2D eigenvalue weighted by Crippen LogP contribution is 2.45. The number of carbonyl (C=O) groups excluding carboxylic acids is 2. The van der Waals surface area contributed by atoms with E-state index in [0.717, 1.165) is 44.1 Å². The number of nitrogens with zero attached hydrogens (tertiary/aromatic N) is 1. The molecule has 2 unspecified atom stereocenters. The Labute approximate surface area is 191 Å². The van der Waals surface area contributed by atoms with Crippen molar-refractivity contribution in [1.82, 2.24) is 10.2 Å². The van der Waals surface area contributed by atoms with Gasteiger partial charge in [-0.3, -0.25) is 9.59 Å². The molecule has 7 nitrogen and oxygen atoms in total. The van der Waals surface area contributed by atoms with Crippen LogP contribution >= 0.6 is 0 Å². The fourth-order valence-corrected chi connectivity index (χ4v) is 5.30. The molecule has 0 aromatic heterocycles. The van der Waals surface area contributed by atoms with Gasteiger partial charge in [-0.2, -0.15) is 0 Å². The van der Waals surface area contributed by atoms with Gasteiger partial charge in [0.2, 0.25) is 17.6 Å². The van der Waals surface area contributed by atoms with Crippen molar-refractivity contribution in [3.05, 3.63) is 17.7 Å². The standard InChI is InChI=1S/C25H38N2O5/c1-5-26-24(28)19-13-9-10-14-27(19)25(29)22(17-11-7-6-8-12-17)18-15-20(30-2)23(32-4)21(16-18)31-3/h15-17,19,22H,5-14H2,1-4H3,(H,26,28). The summed E-state index contributed by atoms with van der Waals surface area (Å²) in [5.41, 5.74) is 0.872. The van der Waals surface area contributed by atoms with Gasteiger partial charge in [-0.25, -0.2) is 0 Å². The molecule has 2 atom stereocenters. The summed E-state index contributed by atoms with van der Waals surface area (Å²) in [7, 11) is 4.76. The van der Waals surface area contributed by atoms with Gasteiger partial charge in [-0.1, -0.05) is 19.3 Å². The Hall–Kier alpha value is -2.44. The number of rotatable bonds is 8. The minimum Gasteiger partial charge on any atom is -0.493 e. The molecule has 1 aromatic rings. The molecule has 1 saturated carbocycles. The van der Waals surface area contributed by atoms with E-state index in [-0.39, 0.29) is 23.7 Å². The summed E-state index contributed by atoms with van der Waals surface area (Å²) < 4.78 is 16.7. The van der Waals surface area contributed by atoms with Gasteiger partial charge in [0, 0.05) is 13.1 Å². The van der Waals surface area contributed by atoms with Gasteiger partial charge >= 0.3 is 0 Å². The minimum atomic E-state index is -0.399. The third-order valence-electron chi connectivity index (χ3n) is 6.87. The smallest absolute Gasteiger partial charge is 0.242 e. The summed E-state index contributed by atoms with van der Waals surface area (Å²) in [6, 6.07) is 3.41. The first-order chi connectivity index (χ1) is 15.5. The lowest BCUT2D eigenvalue weighted by Crippen LogP contribution is -2.53. The molecule has 1 aliphatic heterocycles. The number of methoxy groups -OCH3 is 3. The number of ether oxygens (including phenoxy) is 3. The van der Waals surface area contributed by atoms with Crippen LogP contribution in [0, 0.1) is 5.92 Å². The molecular weight excluding hydrogens is 408 g/mol. The van der Waals surface area contributed by atoms with Crippen LogP contribution in [0.5, 0.6) is 17.2 Å². The van der Waals surface area contributed by atoms with E-state index >= 15 is 0 Å². The van der Waals surface area contributed by atoms with E-state index in [1.165, 1.54) is 6.42 Å². The van der Waals surface area contributed by atoms with E-state index in [2.05, 4.69) is 5.32 Å². The van der Waals surface area contributed by atoms with Crippen LogP contribution in [0.3, 0.4) is 0 Å².